The molecule has 0 rings (SSSR count). The molecule has 0 N–H and O–H groups in total. The zero-order valence-electron chi connectivity index (χ0n) is 46.2. The van der Waals surface area contributed by atoms with Gasteiger partial charge in [0.25, 0.3) is 0 Å². The summed E-state index contributed by atoms with van der Waals surface area (Å²) in [5.41, 5.74) is 0. The van der Waals surface area contributed by atoms with Gasteiger partial charge in [-0.15, -0.1) is 0 Å². The van der Waals surface area contributed by atoms with Crippen molar-refractivity contribution in [3.8, 4) is 0 Å². The fourth-order valence-electron chi connectivity index (χ4n) is 9.03. The largest absolute Gasteiger partial charge is 2.00 e. The molecule has 0 aliphatic rings. The van der Waals surface area contributed by atoms with Crippen LogP contribution in [0, 0.1) is 11.8 Å². The van der Waals surface area contributed by atoms with Crippen molar-refractivity contribution in [2.75, 3.05) is 13.2 Å². The van der Waals surface area contributed by atoms with Crippen LogP contribution in [0.25, 0.3) is 0 Å². The summed E-state index contributed by atoms with van der Waals surface area (Å²) in [6, 6.07) is 0. The van der Waals surface area contributed by atoms with Gasteiger partial charge in [0.2, 0.25) is 20.8 Å². The standard InChI is InChI=1S/2C29H58O4S.Ca/c2*1-3-5-7-9-10-11-12-13-14-15-16-17-18-19-20-21-23-25-27-29(28-33-34(30,31)32)26-24-22-8-6-4-2;/h2*25,27,29H,3-24,26,28H2,1-2H3,(H,30,31,32);/q;;+2/p-2/b2*27-25+;. The molecule has 0 saturated carbocycles. The molecule has 2 unspecified atom stereocenters. The number of allylic oxidation sites excluding steroid dienone is 2. The summed E-state index contributed by atoms with van der Waals surface area (Å²) >= 11 is 0. The predicted molar refractivity (Wildman–Crippen MR) is 297 cm³/mol. The Kier molecular flexibility index (Phi) is 63.4. The van der Waals surface area contributed by atoms with Crippen LogP contribution in [0.15, 0.2) is 24.3 Å². The Bertz CT molecular complexity index is 1160. The van der Waals surface area contributed by atoms with Crippen LogP contribution in [0.3, 0.4) is 0 Å². The van der Waals surface area contributed by atoms with Crippen molar-refractivity contribution in [1.29, 1.82) is 0 Å². The van der Waals surface area contributed by atoms with E-state index in [0.717, 1.165) is 51.4 Å². The first-order valence-corrected chi connectivity index (χ1v) is 32.2. The Morgan fingerprint density at radius 2 is 0.507 bits per heavy atom. The molecule has 0 amide bonds. The van der Waals surface area contributed by atoms with Gasteiger partial charge >= 0.3 is 37.7 Å². The second kappa shape index (κ2) is 59.4. The minimum Gasteiger partial charge on any atom is -0.726 e. The molecule has 11 heteroatoms. The minimum absolute atomic E-state index is 0. The van der Waals surface area contributed by atoms with Crippen LogP contribution in [-0.2, 0) is 29.2 Å². The SMILES string of the molecule is CCCCCCCCCCCCCCCCCC/C=C/C(CCCCCCC)COS(=O)(=O)[O-].CCCCCCCCCCCCCCCCCC/C=C/C(CCCCCCC)COS(=O)(=O)[O-].[Ca+2]. The maximum absolute atomic E-state index is 10.8. The summed E-state index contributed by atoms with van der Waals surface area (Å²) in [4.78, 5) is 0. The van der Waals surface area contributed by atoms with E-state index in [2.05, 4.69) is 60.4 Å². The van der Waals surface area contributed by atoms with Crippen molar-refractivity contribution in [2.45, 2.75) is 323 Å². The van der Waals surface area contributed by atoms with Gasteiger partial charge in [-0.3, -0.25) is 8.37 Å². The summed E-state index contributed by atoms with van der Waals surface area (Å²) in [5, 5.41) is 0. The van der Waals surface area contributed by atoms with E-state index in [1.54, 1.807) is 0 Å². The predicted octanol–water partition coefficient (Wildman–Crippen LogP) is 18.9. The van der Waals surface area contributed by atoms with Crippen LogP contribution < -0.4 is 0 Å². The van der Waals surface area contributed by atoms with Crippen LogP contribution in [0.1, 0.15) is 323 Å². The molecular formula is C58H114CaO8S2. The fraction of sp³-hybridized carbons (Fsp3) is 0.931. The van der Waals surface area contributed by atoms with E-state index < -0.39 is 20.8 Å². The summed E-state index contributed by atoms with van der Waals surface area (Å²) in [6.45, 7) is 8.90. The second-order valence-electron chi connectivity index (χ2n) is 20.4. The molecule has 0 aromatic rings. The Morgan fingerprint density at radius 3 is 0.710 bits per heavy atom. The van der Waals surface area contributed by atoms with Gasteiger partial charge in [0.05, 0.1) is 13.2 Å². The average Bonchev–Trinajstić information content (AvgIpc) is 3.30. The van der Waals surface area contributed by atoms with Crippen molar-refractivity contribution >= 4 is 58.5 Å². The van der Waals surface area contributed by atoms with Crippen molar-refractivity contribution in [3.63, 3.8) is 0 Å². The summed E-state index contributed by atoms with van der Waals surface area (Å²) < 4.78 is 73.8. The Balaban J connectivity index is -0.00000124. The van der Waals surface area contributed by atoms with E-state index in [4.69, 9.17) is 0 Å². The molecule has 0 spiro atoms. The van der Waals surface area contributed by atoms with E-state index in [0.29, 0.717) is 0 Å². The third-order valence-corrected chi connectivity index (χ3v) is 14.3. The number of rotatable bonds is 54. The summed E-state index contributed by atoms with van der Waals surface area (Å²) in [7, 11) is -9.21. The van der Waals surface area contributed by atoms with E-state index >= 15 is 0 Å². The van der Waals surface area contributed by atoms with Crippen LogP contribution in [0.4, 0.5) is 0 Å². The molecular weight excluding hydrogens is 929 g/mol. The fourth-order valence-corrected chi connectivity index (χ4v) is 9.71. The molecule has 0 saturated heterocycles. The Labute approximate surface area is 461 Å². The summed E-state index contributed by atoms with van der Waals surface area (Å²) in [5.74, 6) is 0.0396. The maximum Gasteiger partial charge on any atom is 2.00 e. The van der Waals surface area contributed by atoms with Gasteiger partial charge in [-0.25, -0.2) is 16.8 Å². The van der Waals surface area contributed by atoms with Gasteiger partial charge in [0.1, 0.15) is 0 Å². The topological polar surface area (TPSA) is 133 Å². The zero-order valence-corrected chi connectivity index (χ0v) is 50.0. The minimum atomic E-state index is -4.61. The smallest absolute Gasteiger partial charge is 0.726 e. The van der Waals surface area contributed by atoms with Crippen LogP contribution in [-0.4, -0.2) is 76.9 Å². The average molecular weight is 1040 g/mol. The third kappa shape index (κ3) is 68.5. The van der Waals surface area contributed by atoms with Gasteiger partial charge in [0, 0.05) is 11.8 Å². The van der Waals surface area contributed by atoms with Gasteiger partial charge in [-0.1, -0.05) is 309 Å². The van der Waals surface area contributed by atoms with Crippen molar-refractivity contribution < 1.29 is 34.3 Å². The van der Waals surface area contributed by atoms with Crippen LogP contribution >= 0.6 is 0 Å². The second-order valence-corrected chi connectivity index (χ2v) is 22.5. The molecule has 0 heterocycles. The number of hydrogen-bond acceptors (Lipinski definition) is 8. The first kappa shape index (κ1) is 73.7. The monoisotopic (exact) mass is 1040 g/mol. The molecule has 0 aromatic heterocycles. The molecule has 2 atom stereocenters. The van der Waals surface area contributed by atoms with Gasteiger partial charge < -0.3 is 9.11 Å². The van der Waals surface area contributed by atoms with E-state index in [1.807, 2.05) is 0 Å². The van der Waals surface area contributed by atoms with E-state index in [-0.39, 0.29) is 62.8 Å². The van der Waals surface area contributed by atoms with E-state index in [9.17, 15) is 25.9 Å². The van der Waals surface area contributed by atoms with E-state index in [1.165, 1.54) is 244 Å². The summed E-state index contributed by atoms with van der Waals surface area (Å²) in [6.07, 6.45) is 68.0. The van der Waals surface area contributed by atoms with Crippen LogP contribution in [0.5, 0.6) is 0 Å². The first-order valence-electron chi connectivity index (χ1n) is 29.5. The van der Waals surface area contributed by atoms with Crippen LogP contribution in [0.2, 0.25) is 0 Å². The maximum atomic E-state index is 10.8. The van der Waals surface area contributed by atoms with Crippen molar-refractivity contribution in [3.05, 3.63) is 24.3 Å². The van der Waals surface area contributed by atoms with Gasteiger partial charge in [-0.05, 0) is 38.5 Å². The normalized spacial score (nSPS) is 13.0. The molecule has 8 nitrogen and oxygen atoms in total. The Morgan fingerprint density at radius 1 is 0.319 bits per heavy atom. The quantitative estimate of drug-likeness (QED) is 0.0193. The van der Waals surface area contributed by atoms with Gasteiger partial charge in [0.15, 0.2) is 0 Å². The van der Waals surface area contributed by atoms with Crippen molar-refractivity contribution in [1.82, 2.24) is 0 Å². The number of unbranched alkanes of at least 4 members (excludes halogenated alkanes) is 40. The zero-order chi connectivity index (χ0) is 50.3. The third-order valence-electron chi connectivity index (χ3n) is 13.5. The number of hydrogen-bond donors (Lipinski definition) is 0. The van der Waals surface area contributed by atoms with Gasteiger partial charge in [-0.2, -0.15) is 0 Å². The molecule has 0 fully saturated rings. The molecule has 0 aromatic carbocycles. The molecule has 0 bridgehead atoms. The molecule has 408 valence electrons. The van der Waals surface area contributed by atoms with Crippen molar-refractivity contribution in [2.24, 2.45) is 11.8 Å². The molecule has 0 aliphatic carbocycles. The molecule has 69 heavy (non-hydrogen) atoms. The Hall–Kier alpha value is 0.480. The first-order chi connectivity index (χ1) is 33.0. The molecule has 0 radical (unpaired) electrons. The molecule has 0 aliphatic heterocycles.